The van der Waals surface area contributed by atoms with Crippen molar-refractivity contribution in [3.63, 3.8) is 0 Å². The minimum Gasteiger partial charge on any atom is -0.462 e. The number of carbonyl (C=O) groups excluding carboxylic acids is 3. The normalized spacial score (nSPS) is 12.5. The standard InChI is InChI=1S/C75H134O6/c1-4-7-10-13-16-19-22-25-28-31-33-35-36-37-38-39-41-42-44-47-50-53-56-59-62-65-68-74(77)80-71-72(70-79-73(76)67-64-61-58-55-52-49-46-30-27-24-21-18-15-12-9-6-3)81-75(78)69-66-63-60-57-54-51-48-45-43-40-34-32-29-26-23-20-17-14-11-8-5-2/h8,11,17,20-21,24,26,29-30,34,40,46,72H,4-7,9-10,12-16,18-19,22-23,25,27-28,31-33,35-39,41-45,47-71H2,1-3H3/b11-8-,20-17-,24-21-,29-26-,40-34-,46-30-. The lowest BCUT2D eigenvalue weighted by atomic mass is 10.0. The van der Waals surface area contributed by atoms with Crippen LogP contribution in [0.25, 0.3) is 0 Å². The van der Waals surface area contributed by atoms with E-state index in [0.717, 1.165) is 109 Å². The van der Waals surface area contributed by atoms with Gasteiger partial charge in [0.2, 0.25) is 0 Å². The highest BCUT2D eigenvalue weighted by molar-refractivity contribution is 5.71. The van der Waals surface area contributed by atoms with E-state index >= 15 is 0 Å². The molecule has 0 saturated heterocycles. The van der Waals surface area contributed by atoms with Gasteiger partial charge in [0.1, 0.15) is 13.2 Å². The van der Waals surface area contributed by atoms with Crippen molar-refractivity contribution in [1.29, 1.82) is 0 Å². The summed E-state index contributed by atoms with van der Waals surface area (Å²) in [4.78, 5) is 38.5. The average Bonchev–Trinajstić information content (AvgIpc) is 3.47. The first kappa shape index (κ1) is 77.9. The van der Waals surface area contributed by atoms with Gasteiger partial charge in [0.15, 0.2) is 6.10 Å². The summed E-state index contributed by atoms with van der Waals surface area (Å²) in [5.74, 6) is -0.881. The van der Waals surface area contributed by atoms with Crippen LogP contribution in [0.4, 0.5) is 0 Å². The molecular weight excluding hydrogens is 997 g/mol. The summed E-state index contributed by atoms with van der Waals surface area (Å²) in [6.07, 6.45) is 90.7. The molecule has 470 valence electrons. The molecule has 6 nitrogen and oxygen atoms in total. The number of unbranched alkanes of at least 4 members (excludes halogenated alkanes) is 42. The first-order valence-electron chi connectivity index (χ1n) is 35.4. The predicted molar refractivity (Wildman–Crippen MR) is 353 cm³/mol. The maximum absolute atomic E-state index is 13.0. The summed E-state index contributed by atoms with van der Waals surface area (Å²) in [5.41, 5.74) is 0. The number of allylic oxidation sites excluding steroid dienone is 12. The predicted octanol–water partition coefficient (Wildman–Crippen LogP) is 24.4. The lowest BCUT2D eigenvalue weighted by molar-refractivity contribution is -0.167. The van der Waals surface area contributed by atoms with Gasteiger partial charge in [-0.2, -0.15) is 0 Å². The summed E-state index contributed by atoms with van der Waals surface area (Å²) in [5, 5.41) is 0. The van der Waals surface area contributed by atoms with Gasteiger partial charge in [-0.3, -0.25) is 14.4 Å². The van der Waals surface area contributed by atoms with Gasteiger partial charge in [0.05, 0.1) is 0 Å². The van der Waals surface area contributed by atoms with E-state index in [1.807, 2.05) is 0 Å². The molecule has 0 radical (unpaired) electrons. The van der Waals surface area contributed by atoms with Crippen LogP contribution in [0.3, 0.4) is 0 Å². The maximum Gasteiger partial charge on any atom is 0.306 e. The van der Waals surface area contributed by atoms with Gasteiger partial charge in [-0.05, 0) is 89.9 Å². The van der Waals surface area contributed by atoms with Crippen molar-refractivity contribution in [3.05, 3.63) is 72.9 Å². The lowest BCUT2D eigenvalue weighted by Crippen LogP contribution is -2.30. The Morgan fingerprint density at radius 1 is 0.259 bits per heavy atom. The molecule has 0 spiro atoms. The molecule has 0 aromatic rings. The Balaban J connectivity index is 4.31. The van der Waals surface area contributed by atoms with Crippen LogP contribution < -0.4 is 0 Å². The summed E-state index contributed by atoms with van der Waals surface area (Å²) >= 11 is 0. The number of hydrogen-bond acceptors (Lipinski definition) is 6. The fourth-order valence-electron chi connectivity index (χ4n) is 10.4. The molecule has 0 bridgehead atoms. The molecule has 0 heterocycles. The van der Waals surface area contributed by atoms with Crippen molar-refractivity contribution in [3.8, 4) is 0 Å². The highest BCUT2D eigenvalue weighted by Gasteiger charge is 2.19. The second-order valence-corrected chi connectivity index (χ2v) is 23.8. The van der Waals surface area contributed by atoms with Gasteiger partial charge in [0, 0.05) is 19.3 Å². The fraction of sp³-hybridized carbons (Fsp3) is 0.800. The average molecular weight is 1130 g/mol. The molecule has 0 fully saturated rings. The highest BCUT2D eigenvalue weighted by atomic mass is 16.6. The molecule has 0 aromatic heterocycles. The van der Waals surface area contributed by atoms with E-state index in [1.165, 1.54) is 218 Å². The number of esters is 3. The minimum absolute atomic E-state index is 0.0800. The second kappa shape index (κ2) is 69.3. The molecule has 81 heavy (non-hydrogen) atoms. The van der Waals surface area contributed by atoms with Gasteiger partial charge in [-0.25, -0.2) is 0 Å². The Morgan fingerprint density at radius 3 is 0.765 bits per heavy atom. The van der Waals surface area contributed by atoms with Crippen molar-refractivity contribution >= 4 is 17.9 Å². The Morgan fingerprint density at radius 2 is 0.481 bits per heavy atom. The topological polar surface area (TPSA) is 78.9 Å². The molecule has 0 aliphatic carbocycles. The smallest absolute Gasteiger partial charge is 0.306 e. The zero-order chi connectivity index (χ0) is 58.5. The van der Waals surface area contributed by atoms with E-state index in [0.29, 0.717) is 19.3 Å². The molecule has 0 aromatic carbocycles. The van der Waals surface area contributed by atoms with Gasteiger partial charge >= 0.3 is 17.9 Å². The molecular formula is C75H134O6. The van der Waals surface area contributed by atoms with Gasteiger partial charge in [-0.1, -0.05) is 331 Å². The minimum atomic E-state index is -0.787. The number of rotatable bonds is 65. The third-order valence-corrected chi connectivity index (χ3v) is 15.7. The van der Waals surface area contributed by atoms with E-state index in [9.17, 15) is 14.4 Å². The zero-order valence-corrected chi connectivity index (χ0v) is 54.1. The third kappa shape index (κ3) is 67.5. The van der Waals surface area contributed by atoms with Crippen LogP contribution in [0.1, 0.15) is 367 Å². The van der Waals surface area contributed by atoms with Crippen LogP contribution in [0.2, 0.25) is 0 Å². The van der Waals surface area contributed by atoms with Gasteiger partial charge in [0.25, 0.3) is 0 Å². The van der Waals surface area contributed by atoms with Crippen LogP contribution >= 0.6 is 0 Å². The first-order chi connectivity index (χ1) is 40.0. The molecule has 0 N–H and O–H groups in total. The van der Waals surface area contributed by atoms with Crippen LogP contribution in [0.15, 0.2) is 72.9 Å². The maximum atomic E-state index is 13.0. The first-order valence-corrected chi connectivity index (χ1v) is 35.4. The van der Waals surface area contributed by atoms with Crippen molar-refractivity contribution in [2.45, 2.75) is 374 Å². The molecule has 0 amide bonds. The second-order valence-electron chi connectivity index (χ2n) is 23.8. The Hall–Kier alpha value is -3.15. The number of carbonyl (C=O) groups is 3. The lowest BCUT2D eigenvalue weighted by Gasteiger charge is -2.18. The summed E-state index contributed by atoms with van der Waals surface area (Å²) < 4.78 is 17.0. The Kier molecular flexibility index (Phi) is 66.6. The highest BCUT2D eigenvalue weighted by Crippen LogP contribution is 2.18. The van der Waals surface area contributed by atoms with E-state index in [4.69, 9.17) is 14.2 Å². The van der Waals surface area contributed by atoms with Crippen molar-refractivity contribution < 1.29 is 28.6 Å². The van der Waals surface area contributed by atoms with E-state index in [-0.39, 0.29) is 31.1 Å². The zero-order valence-electron chi connectivity index (χ0n) is 54.1. The van der Waals surface area contributed by atoms with E-state index in [2.05, 4.69) is 93.7 Å². The molecule has 0 rings (SSSR count). The van der Waals surface area contributed by atoms with Gasteiger partial charge in [-0.15, -0.1) is 0 Å². The van der Waals surface area contributed by atoms with Crippen LogP contribution in [0.5, 0.6) is 0 Å². The molecule has 6 heteroatoms. The van der Waals surface area contributed by atoms with Crippen LogP contribution in [0, 0.1) is 0 Å². The van der Waals surface area contributed by atoms with Crippen molar-refractivity contribution in [1.82, 2.24) is 0 Å². The van der Waals surface area contributed by atoms with Crippen LogP contribution in [-0.2, 0) is 28.6 Å². The van der Waals surface area contributed by atoms with Gasteiger partial charge < -0.3 is 14.2 Å². The van der Waals surface area contributed by atoms with Crippen LogP contribution in [-0.4, -0.2) is 37.2 Å². The number of hydrogen-bond donors (Lipinski definition) is 0. The monoisotopic (exact) mass is 1130 g/mol. The van der Waals surface area contributed by atoms with E-state index < -0.39 is 6.10 Å². The Labute approximate surface area is 503 Å². The molecule has 1 atom stereocenters. The largest absolute Gasteiger partial charge is 0.462 e. The summed E-state index contributed by atoms with van der Waals surface area (Å²) in [7, 11) is 0. The van der Waals surface area contributed by atoms with E-state index in [1.54, 1.807) is 0 Å². The summed E-state index contributed by atoms with van der Waals surface area (Å²) in [6, 6.07) is 0. The molecule has 1 unspecified atom stereocenters. The Bertz CT molecular complexity index is 1490. The quantitative estimate of drug-likeness (QED) is 0.0261. The molecule has 0 aliphatic heterocycles. The van der Waals surface area contributed by atoms with Crippen molar-refractivity contribution in [2.75, 3.05) is 13.2 Å². The molecule has 0 aliphatic rings. The number of ether oxygens (including phenoxy) is 3. The van der Waals surface area contributed by atoms with Crippen molar-refractivity contribution in [2.24, 2.45) is 0 Å². The summed E-state index contributed by atoms with van der Waals surface area (Å²) in [6.45, 7) is 6.55. The third-order valence-electron chi connectivity index (χ3n) is 15.7. The molecule has 0 saturated carbocycles. The SMILES string of the molecule is CC/C=C\C/C=C\C/C=C\C/C=C\CCCCCCCCCCC(=O)OC(COC(=O)CCCCCCC/C=C\C/C=C\CCCCCC)COC(=O)CCCCCCCCCCCCCCCCCCCCCCCCCCCC. The fourth-order valence-corrected chi connectivity index (χ4v) is 10.4.